The smallest absolute Gasteiger partial charge is 0.315 e. The zero-order chi connectivity index (χ0) is 14.1. The van der Waals surface area contributed by atoms with E-state index >= 15 is 0 Å². The number of benzene rings is 1. The Bertz CT molecular complexity index is 380. The Morgan fingerprint density at radius 2 is 2.11 bits per heavy atom. The number of hydrogen-bond donors (Lipinski definition) is 3. The molecule has 6 heteroatoms. The van der Waals surface area contributed by atoms with Crippen molar-refractivity contribution in [1.82, 2.24) is 10.6 Å². The molecule has 1 atom stereocenters. The minimum atomic E-state index is -0.305. The van der Waals surface area contributed by atoms with Crippen LogP contribution >= 0.6 is 11.6 Å². The summed E-state index contributed by atoms with van der Waals surface area (Å²) in [6.07, 6.45) is 0.686. The molecular formula is C13H19ClN2O3. The number of rotatable bonds is 7. The second-order valence-electron chi connectivity index (χ2n) is 3.99. The number of carbonyl (C=O) groups excluding carboxylic acids is 1. The maximum Gasteiger partial charge on any atom is 0.315 e. The Morgan fingerprint density at radius 3 is 2.68 bits per heavy atom. The van der Waals surface area contributed by atoms with Crippen LogP contribution in [0.3, 0.4) is 0 Å². The average molecular weight is 287 g/mol. The molecule has 1 unspecified atom stereocenters. The van der Waals surface area contributed by atoms with Gasteiger partial charge < -0.3 is 20.5 Å². The van der Waals surface area contributed by atoms with Crippen LogP contribution in [0.25, 0.3) is 0 Å². The third kappa shape index (κ3) is 6.31. The van der Waals surface area contributed by atoms with Crippen molar-refractivity contribution in [2.75, 3.05) is 19.8 Å². The lowest BCUT2D eigenvalue weighted by atomic mass is 10.2. The van der Waals surface area contributed by atoms with Gasteiger partial charge in [-0.15, -0.1) is 0 Å². The average Bonchev–Trinajstić information content (AvgIpc) is 2.43. The first kappa shape index (κ1) is 15.6. The van der Waals surface area contributed by atoms with Crippen molar-refractivity contribution in [1.29, 1.82) is 0 Å². The van der Waals surface area contributed by atoms with Crippen molar-refractivity contribution >= 4 is 17.6 Å². The van der Waals surface area contributed by atoms with Crippen LogP contribution in [0.5, 0.6) is 5.75 Å². The first-order chi connectivity index (χ1) is 9.15. The summed E-state index contributed by atoms with van der Waals surface area (Å²) in [6, 6.07) is 6.49. The molecule has 0 radical (unpaired) electrons. The molecule has 0 bridgehead atoms. The van der Waals surface area contributed by atoms with Gasteiger partial charge in [-0.25, -0.2) is 4.79 Å². The monoisotopic (exact) mass is 286 g/mol. The number of hydrogen-bond acceptors (Lipinski definition) is 3. The van der Waals surface area contributed by atoms with E-state index in [0.29, 0.717) is 30.3 Å². The molecule has 19 heavy (non-hydrogen) atoms. The SMILES string of the molecule is CCC(CO)NC(=O)NCCOc1ccc(Cl)cc1. The minimum Gasteiger partial charge on any atom is -0.492 e. The van der Waals surface area contributed by atoms with Crippen molar-refractivity contribution in [3.8, 4) is 5.75 Å². The number of aliphatic hydroxyl groups excluding tert-OH is 1. The van der Waals surface area contributed by atoms with Crippen LogP contribution in [0.4, 0.5) is 4.79 Å². The van der Waals surface area contributed by atoms with E-state index in [4.69, 9.17) is 21.4 Å². The van der Waals surface area contributed by atoms with Gasteiger partial charge in [0, 0.05) is 5.02 Å². The lowest BCUT2D eigenvalue weighted by Crippen LogP contribution is -2.44. The molecule has 0 aromatic heterocycles. The van der Waals surface area contributed by atoms with Crippen LogP contribution < -0.4 is 15.4 Å². The third-order valence-corrected chi connectivity index (χ3v) is 2.77. The maximum absolute atomic E-state index is 11.4. The fraction of sp³-hybridized carbons (Fsp3) is 0.462. The highest BCUT2D eigenvalue weighted by Gasteiger charge is 2.07. The van der Waals surface area contributed by atoms with Crippen LogP contribution in [0.15, 0.2) is 24.3 Å². The number of carbonyl (C=O) groups is 1. The Labute approximate surface area is 117 Å². The first-order valence-electron chi connectivity index (χ1n) is 6.19. The number of aliphatic hydroxyl groups is 1. The van der Waals surface area contributed by atoms with E-state index in [9.17, 15) is 4.79 Å². The molecule has 0 aliphatic carbocycles. The van der Waals surface area contributed by atoms with Crippen LogP contribution in [0, 0.1) is 0 Å². The van der Waals surface area contributed by atoms with Crippen molar-refractivity contribution in [3.63, 3.8) is 0 Å². The molecule has 0 aliphatic heterocycles. The van der Waals surface area contributed by atoms with Crippen molar-refractivity contribution < 1.29 is 14.6 Å². The van der Waals surface area contributed by atoms with Crippen LogP contribution in [-0.2, 0) is 0 Å². The van der Waals surface area contributed by atoms with Gasteiger partial charge in [0.1, 0.15) is 12.4 Å². The summed E-state index contributed by atoms with van der Waals surface area (Å²) >= 11 is 5.75. The topological polar surface area (TPSA) is 70.6 Å². The number of halogens is 1. The molecule has 1 aromatic rings. The number of urea groups is 1. The van der Waals surface area contributed by atoms with Crippen LogP contribution in [0.1, 0.15) is 13.3 Å². The van der Waals surface area contributed by atoms with E-state index in [1.165, 1.54) is 0 Å². The summed E-state index contributed by atoms with van der Waals surface area (Å²) < 4.78 is 5.42. The molecule has 106 valence electrons. The number of amides is 2. The largest absolute Gasteiger partial charge is 0.492 e. The molecule has 5 nitrogen and oxygen atoms in total. The molecule has 0 saturated carbocycles. The summed E-state index contributed by atoms with van der Waals surface area (Å²) in [6.45, 7) is 2.58. The molecule has 1 rings (SSSR count). The predicted octanol–water partition coefficient (Wildman–Crippen LogP) is 1.79. The van der Waals surface area contributed by atoms with E-state index < -0.39 is 0 Å². The van der Waals surface area contributed by atoms with E-state index in [-0.39, 0.29) is 18.7 Å². The van der Waals surface area contributed by atoms with E-state index in [0.717, 1.165) is 0 Å². The normalized spacial score (nSPS) is 11.7. The van der Waals surface area contributed by atoms with Gasteiger partial charge in [0.25, 0.3) is 0 Å². The Hall–Kier alpha value is -1.46. The molecule has 0 heterocycles. The van der Waals surface area contributed by atoms with E-state index in [1.54, 1.807) is 24.3 Å². The predicted molar refractivity (Wildman–Crippen MR) is 74.6 cm³/mol. The van der Waals surface area contributed by atoms with Gasteiger partial charge in [0.2, 0.25) is 0 Å². The summed E-state index contributed by atoms with van der Waals surface area (Å²) in [5.41, 5.74) is 0. The van der Waals surface area contributed by atoms with Crippen molar-refractivity contribution in [3.05, 3.63) is 29.3 Å². The lowest BCUT2D eigenvalue weighted by molar-refractivity contribution is 0.212. The number of nitrogens with one attached hydrogen (secondary N) is 2. The highest BCUT2D eigenvalue weighted by atomic mass is 35.5. The van der Waals surface area contributed by atoms with Crippen molar-refractivity contribution in [2.45, 2.75) is 19.4 Å². The van der Waals surface area contributed by atoms with E-state index in [2.05, 4.69) is 10.6 Å². The molecule has 0 saturated heterocycles. The summed E-state index contributed by atoms with van der Waals surface area (Å²) in [4.78, 5) is 11.4. The van der Waals surface area contributed by atoms with E-state index in [1.807, 2.05) is 6.92 Å². The zero-order valence-corrected chi connectivity index (χ0v) is 11.6. The lowest BCUT2D eigenvalue weighted by Gasteiger charge is -2.14. The molecule has 0 fully saturated rings. The maximum atomic E-state index is 11.4. The van der Waals surface area contributed by atoms with Gasteiger partial charge in [-0.2, -0.15) is 0 Å². The zero-order valence-electron chi connectivity index (χ0n) is 10.9. The third-order valence-electron chi connectivity index (χ3n) is 2.52. The highest BCUT2D eigenvalue weighted by Crippen LogP contribution is 2.14. The van der Waals surface area contributed by atoms with Gasteiger partial charge in [0.15, 0.2) is 0 Å². The van der Waals surface area contributed by atoms with Gasteiger partial charge in [0.05, 0.1) is 19.2 Å². The fourth-order valence-corrected chi connectivity index (χ4v) is 1.50. The molecule has 3 N–H and O–H groups in total. The summed E-state index contributed by atoms with van der Waals surface area (Å²) in [5.74, 6) is 0.702. The van der Waals surface area contributed by atoms with Gasteiger partial charge in [-0.3, -0.25) is 0 Å². The summed E-state index contributed by atoms with van der Waals surface area (Å²) in [7, 11) is 0. The standard InChI is InChI=1S/C13H19ClN2O3/c1-2-11(9-17)16-13(18)15-7-8-19-12-5-3-10(14)4-6-12/h3-6,11,17H,2,7-9H2,1H3,(H2,15,16,18). The quantitative estimate of drug-likeness (QED) is 0.669. The second-order valence-corrected chi connectivity index (χ2v) is 4.43. The van der Waals surface area contributed by atoms with Crippen LogP contribution in [0.2, 0.25) is 5.02 Å². The number of ether oxygens (including phenoxy) is 1. The fourth-order valence-electron chi connectivity index (χ4n) is 1.38. The molecule has 0 aliphatic rings. The molecule has 1 aromatic carbocycles. The van der Waals surface area contributed by atoms with Gasteiger partial charge in [-0.05, 0) is 30.7 Å². The Balaban J connectivity index is 2.16. The van der Waals surface area contributed by atoms with Gasteiger partial charge in [-0.1, -0.05) is 18.5 Å². The summed E-state index contributed by atoms with van der Waals surface area (Å²) in [5, 5.41) is 14.9. The molecular weight excluding hydrogens is 268 g/mol. The highest BCUT2D eigenvalue weighted by molar-refractivity contribution is 6.30. The second kappa shape index (κ2) is 8.61. The van der Waals surface area contributed by atoms with Crippen molar-refractivity contribution in [2.24, 2.45) is 0 Å². The van der Waals surface area contributed by atoms with Crippen LogP contribution in [-0.4, -0.2) is 36.9 Å². The Morgan fingerprint density at radius 1 is 1.42 bits per heavy atom. The molecule has 0 spiro atoms. The van der Waals surface area contributed by atoms with Gasteiger partial charge >= 0.3 is 6.03 Å². The Kier molecular flexibility index (Phi) is 7.07. The molecule has 2 amide bonds. The first-order valence-corrected chi connectivity index (χ1v) is 6.57. The minimum absolute atomic E-state index is 0.0643.